The Bertz CT molecular complexity index is 662. The molecule has 2 N–H and O–H groups in total. The molecule has 20 heavy (non-hydrogen) atoms. The zero-order valence-electron chi connectivity index (χ0n) is 10.4. The van der Waals surface area contributed by atoms with Crippen molar-refractivity contribution in [2.75, 3.05) is 0 Å². The fourth-order valence-electron chi connectivity index (χ4n) is 2.43. The monoisotopic (exact) mass is 295 g/mol. The van der Waals surface area contributed by atoms with Crippen LogP contribution in [0.4, 0.5) is 8.78 Å². The Morgan fingerprint density at radius 1 is 1.10 bits per heavy atom. The summed E-state index contributed by atoms with van der Waals surface area (Å²) >= 11 is 5.73. The van der Waals surface area contributed by atoms with Crippen molar-refractivity contribution in [3.63, 3.8) is 0 Å². The van der Waals surface area contributed by atoms with Gasteiger partial charge < -0.3 is 10.5 Å². The summed E-state index contributed by atoms with van der Waals surface area (Å²) in [7, 11) is 0. The van der Waals surface area contributed by atoms with Gasteiger partial charge in [-0.2, -0.15) is 0 Å². The van der Waals surface area contributed by atoms with Gasteiger partial charge in [-0.15, -0.1) is 0 Å². The first kappa shape index (κ1) is 13.3. The molecule has 2 aromatic carbocycles. The van der Waals surface area contributed by atoms with Crippen molar-refractivity contribution in [1.29, 1.82) is 0 Å². The largest absolute Gasteiger partial charge is 0.485 e. The minimum absolute atomic E-state index is 0.317. The highest BCUT2D eigenvalue weighted by atomic mass is 35.5. The average molecular weight is 296 g/mol. The van der Waals surface area contributed by atoms with Gasteiger partial charge in [0, 0.05) is 34.7 Å². The van der Waals surface area contributed by atoms with Gasteiger partial charge in [0.1, 0.15) is 23.5 Å². The Morgan fingerprint density at radius 3 is 2.60 bits per heavy atom. The molecular weight excluding hydrogens is 284 g/mol. The van der Waals surface area contributed by atoms with E-state index in [0.717, 1.165) is 5.56 Å². The number of rotatable bonds is 1. The van der Waals surface area contributed by atoms with Crippen molar-refractivity contribution in [2.24, 2.45) is 5.73 Å². The van der Waals surface area contributed by atoms with Crippen LogP contribution in [0.3, 0.4) is 0 Å². The smallest absolute Gasteiger partial charge is 0.131 e. The fourth-order valence-corrected chi connectivity index (χ4v) is 2.59. The second-order valence-electron chi connectivity index (χ2n) is 4.80. The van der Waals surface area contributed by atoms with Crippen LogP contribution in [0.1, 0.15) is 29.7 Å². The summed E-state index contributed by atoms with van der Waals surface area (Å²) in [6.07, 6.45) is -0.117. The first-order valence-corrected chi connectivity index (χ1v) is 6.59. The Balaban J connectivity index is 1.98. The number of halogens is 3. The van der Waals surface area contributed by atoms with Gasteiger partial charge in [-0.3, -0.25) is 0 Å². The third-order valence-corrected chi connectivity index (χ3v) is 3.66. The van der Waals surface area contributed by atoms with Crippen LogP contribution in [0.2, 0.25) is 5.02 Å². The quantitative estimate of drug-likeness (QED) is 0.858. The van der Waals surface area contributed by atoms with Crippen molar-refractivity contribution in [1.82, 2.24) is 0 Å². The highest BCUT2D eigenvalue weighted by Gasteiger charge is 2.29. The predicted molar refractivity (Wildman–Crippen MR) is 72.7 cm³/mol. The minimum Gasteiger partial charge on any atom is -0.485 e. The molecule has 2 nitrogen and oxygen atoms in total. The zero-order chi connectivity index (χ0) is 14.3. The van der Waals surface area contributed by atoms with Crippen LogP contribution in [-0.4, -0.2) is 0 Å². The van der Waals surface area contributed by atoms with E-state index in [-0.39, 0.29) is 6.04 Å². The molecular formula is C15H12ClF2NO. The summed E-state index contributed by atoms with van der Waals surface area (Å²) in [5.74, 6) is -0.495. The molecule has 1 aliphatic heterocycles. The number of nitrogens with two attached hydrogens (primary N) is 1. The number of fused-ring (bicyclic) bond motifs is 1. The van der Waals surface area contributed by atoms with E-state index >= 15 is 0 Å². The molecule has 0 bridgehead atoms. The summed E-state index contributed by atoms with van der Waals surface area (Å²) in [6.45, 7) is 0. The third-order valence-electron chi connectivity index (χ3n) is 3.42. The molecule has 2 atom stereocenters. The van der Waals surface area contributed by atoms with Crippen molar-refractivity contribution < 1.29 is 13.5 Å². The predicted octanol–water partition coefficient (Wildman–Crippen LogP) is 4.14. The molecule has 0 aromatic heterocycles. The lowest BCUT2D eigenvalue weighted by Crippen LogP contribution is -2.24. The number of ether oxygens (including phenoxy) is 1. The Labute approximate surface area is 120 Å². The summed E-state index contributed by atoms with van der Waals surface area (Å²) in [6, 6.07) is 8.28. The van der Waals surface area contributed by atoms with E-state index in [9.17, 15) is 8.78 Å². The van der Waals surface area contributed by atoms with Crippen LogP contribution < -0.4 is 10.5 Å². The van der Waals surface area contributed by atoms with Gasteiger partial charge in [0.2, 0.25) is 0 Å². The summed E-state index contributed by atoms with van der Waals surface area (Å²) in [4.78, 5) is 0. The molecule has 104 valence electrons. The van der Waals surface area contributed by atoms with Gasteiger partial charge in [0.15, 0.2) is 0 Å². The molecule has 1 heterocycles. The number of hydrogen-bond donors (Lipinski definition) is 1. The van der Waals surface area contributed by atoms with Gasteiger partial charge >= 0.3 is 0 Å². The van der Waals surface area contributed by atoms with Crippen LogP contribution in [0, 0.1) is 11.6 Å². The Kier molecular flexibility index (Phi) is 3.36. The highest BCUT2D eigenvalue weighted by molar-refractivity contribution is 6.30. The molecule has 1 aliphatic rings. The Hall–Kier alpha value is -1.65. The number of benzene rings is 2. The summed E-state index contributed by atoms with van der Waals surface area (Å²) in [5.41, 5.74) is 7.16. The van der Waals surface area contributed by atoms with Crippen LogP contribution in [0.15, 0.2) is 36.4 Å². The van der Waals surface area contributed by atoms with Crippen molar-refractivity contribution in [3.05, 3.63) is 64.2 Å². The molecule has 2 aromatic rings. The van der Waals surface area contributed by atoms with Crippen LogP contribution in [-0.2, 0) is 0 Å². The average Bonchev–Trinajstić information content (AvgIpc) is 2.37. The van der Waals surface area contributed by atoms with Gasteiger partial charge in [-0.05, 0) is 18.2 Å². The van der Waals surface area contributed by atoms with Crippen molar-refractivity contribution in [3.8, 4) is 5.75 Å². The maximum absolute atomic E-state index is 13.9. The van der Waals surface area contributed by atoms with Crippen molar-refractivity contribution >= 4 is 11.6 Å². The SMILES string of the molecule is N[C@H]1CC(c2ccc(Cl)cc2F)Oc2cc(F)ccc21. The summed E-state index contributed by atoms with van der Waals surface area (Å²) in [5, 5.41) is 0.317. The summed E-state index contributed by atoms with van der Waals surface area (Å²) < 4.78 is 32.9. The Morgan fingerprint density at radius 2 is 1.85 bits per heavy atom. The first-order chi connectivity index (χ1) is 9.54. The van der Waals surface area contributed by atoms with Gasteiger partial charge in [0.05, 0.1) is 0 Å². The van der Waals surface area contributed by atoms with E-state index in [1.807, 2.05) is 0 Å². The van der Waals surface area contributed by atoms with E-state index < -0.39 is 17.7 Å². The molecule has 3 rings (SSSR count). The minimum atomic E-state index is -0.545. The molecule has 0 amide bonds. The van der Waals surface area contributed by atoms with Crippen LogP contribution >= 0.6 is 11.6 Å². The van der Waals surface area contributed by atoms with E-state index in [2.05, 4.69) is 0 Å². The zero-order valence-corrected chi connectivity index (χ0v) is 11.2. The van der Waals surface area contributed by atoms with E-state index in [0.29, 0.717) is 22.8 Å². The molecule has 0 aliphatic carbocycles. The lowest BCUT2D eigenvalue weighted by molar-refractivity contribution is 0.156. The van der Waals surface area contributed by atoms with Crippen molar-refractivity contribution in [2.45, 2.75) is 18.6 Å². The van der Waals surface area contributed by atoms with E-state index in [1.54, 1.807) is 18.2 Å². The van der Waals surface area contributed by atoms with Gasteiger partial charge in [0.25, 0.3) is 0 Å². The standard InChI is InChI=1S/C15H12ClF2NO/c16-8-1-3-10(12(18)5-8)15-7-13(19)11-4-2-9(17)6-14(11)20-15/h1-6,13,15H,7,19H2/t13-,15?/m0/s1. The second kappa shape index (κ2) is 5.04. The lowest BCUT2D eigenvalue weighted by Gasteiger charge is -2.30. The van der Waals surface area contributed by atoms with Crippen LogP contribution in [0.5, 0.6) is 5.75 Å². The maximum atomic E-state index is 13.9. The molecule has 0 saturated carbocycles. The van der Waals surface area contributed by atoms with Gasteiger partial charge in [-0.25, -0.2) is 8.78 Å². The maximum Gasteiger partial charge on any atom is 0.131 e. The normalized spacial score (nSPS) is 21.2. The fraction of sp³-hybridized carbons (Fsp3) is 0.200. The first-order valence-electron chi connectivity index (χ1n) is 6.21. The van der Waals surface area contributed by atoms with Gasteiger partial charge in [-0.1, -0.05) is 23.7 Å². The van der Waals surface area contributed by atoms with E-state index in [1.165, 1.54) is 18.2 Å². The molecule has 0 fully saturated rings. The van der Waals surface area contributed by atoms with E-state index in [4.69, 9.17) is 22.1 Å². The molecule has 1 unspecified atom stereocenters. The third kappa shape index (κ3) is 2.37. The number of hydrogen-bond acceptors (Lipinski definition) is 2. The topological polar surface area (TPSA) is 35.2 Å². The lowest BCUT2D eigenvalue weighted by atomic mass is 9.93. The molecule has 0 saturated heterocycles. The highest BCUT2D eigenvalue weighted by Crippen LogP contribution is 2.40. The van der Waals surface area contributed by atoms with Crippen LogP contribution in [0.25, 0.3) is 0 Å². The molecule has 0 radical (unpaired) electrons. The molecule has 0 spiro atoms. The molecule has 5 heteroatoms. The second-order valence-corrected chi connectivity index (χ2v) is 5.23.